The van der Waals surface area contributed by atoms with Gasteiger partial charge in [0, 0.05) is 43.1 Å². The van der Waals surface area contributed by atoms with E-state index in [1.807, 2.05) is 36.5 Å². The van der Waals surface area contributed by atoms with E-state index in [-0.39, 0.29) is 5.84 Å². The summed E-state index contributed by atoms with van der Waals surface area (Å²) in [6.45, 7) is 0. The zero-order chi connectivity index (χ0) is 32.7. The molecule has 230 valence electrons. The lowest BCUT2D eigenvalue weighted by atomic mass is 9.94. The van der Waals surface area contributed by atoms with Gasteiger partial charge in [-0.1, -0.05) is 146 Å². The van der Waals surface area contributed by atoms with Crippen LogP contribution in [0.4, 0.5) is 0 Å². The molecule has 0 bridgehead atoms. The molecule has 49 heavy (non-hydrogen) atoms. The largest absolute Gasteiger partial charge is 0.282 e. The van der Waals surface area contributed by atoms with Crippen molar-refractivity contribution < 1.29 is 0 Å². The molecule has 9 rings (SSSR count). The molecule has 1 heterocycles. The number of benzene rings is 8. The third-order valence-corrected chi connectivity index (χ3v) is 10.5. The van der Waals surface area contributed by atoms with E-state index in [4.69, 9.17) is 9.98 Å². The van der Waals surface area contributed by atoms with E-state index in [0.717, 1.165) is 48.7 Å². The highest BCUT2D eigenvalue weighted by atomic mass is 32.1. The molecule has 0 fully saturated rings. The van der Waals surface area contributed by atoms with Crippen molar-refractivity contribution in [3.63, 3.8) is 0 Å². The molecule has 8 aromatic carbocycles. The summed E-state index contributed by atoms with van der Waals surface area (Å²) in [4.78, 5) is 10.2. The number of hydrogen-bond donors (Lipinski definition) is 1. The number of nitrogens with zero attached hydrogens (tertiary/aromatic N) is 2. The maximum Gasteiger partial charge on any atom is 0.163 e. The number of hydrogen-bond acceptors (Lipinski definition) is 2. The summed E-state index contributed by atoms with van der Waals surface area (Å²) >= 11 is 1.74. The fourth-order valence-electron chi connectivity index (χ4n) is 6.82. The summed E-state index contributed by atoms with van der Waals surface area (Å²) in [6, 6.07) is 56.8. The number of thiophene rings is 1. The van der Waals surface area contributed by atoms with E-state index in [2.05, 4.69) is 133 Å². The van der Waals surface area contributed by atoms with Gasteiger partial charge in [-0.15, -0.1) is 11.3 Å². The molecule has 9 aromatic rings. The highest BCUT2D eigenvalue weighted by Gasteiger charge is 2.15. The van der Waals surface area contributed by atoms with Gasteiger partial charge in [0.2, 0.25) is 0 Å². The van der Waals surface area contributed by atoms with E-state index in [9.17, 15) is 5.41 Å². The topological polar surface area (TPSA) is 48.6 Å². The van der Waals surface area contributed by atoms with Gasteiger partial charge in [0.25, 0.3) is 0 Å². The second-order valence-electron chi connectivity index (χ2n) is 12.2. The Morgan fingerprint density at radius 2 is 1.18 bits per heavy atom. The first kappa shape index (κ1) is 29.0. The zero-order valence-corrected chi connectivity index (χ0v) is 27.3. The number of amidine groups is 2. The van der Waals surface area contributed by atoms with Gasteiger partial charge in [-0.25, -0.2) is 9.98 Å². The molecule has 0 saturated heterocycles. The van der Waals surface area contributed by atoms with Gasteiger partial charge in [-0.05, 0) is 61.6 Å². The lowest BCUT2D eigenvalue weighted by Gasteiger charge is -2.11. The van der Waals surface area contributed by atoms with E-state index in [0.29, 0.717) is 5.84 Å². The van der Waals surface area contributed by atoms with Crippen LogP contribution in [0.3, 0.4) is 0 Å². The zero-order valence-electron chi connectivity index (χ0n) is 26.5. The molecule has 0 atom stereocenters. The number of rotatable bonds is 4. The normalized spacial score (nSPS) is 12.2. The molecular weight excluding hydrogens is 615 g/mol. The van der Waals surface area contributed by atoms with Crippen molar-refractivity contribution in [1.82, 2.24) is 0 Å². The summed E-state index contributed by atoms with van der Waals surface area (Å²) in [5, 5.41) is 18.6. The van der Waals surface area contributed by atoms with Gasteiger partial charge >= 0.3 is 0 Å². The highest BCUT2D eigenvalue weighted by Crippen LogP contribution is 2.37. The number of fused-ring (bicyclic) bond motifs is 7. The fraction of sp³-hybridized carbons (Fsp3) is 0. The molecule has 0 saturated carbocycles. The summed E-state index contributed by atoms with van der Waals surface area (Å²) in [7, 11) is 0. The Morgan fingerprint density at radius 1 is 0.510 bits per heavy atom. The van der Waals surface area contributed by atoms with Crippen molar-refractivity contribution in [3.05, 3.63) is 180 Å². The molecule has 1 aromatic heterocycles. The second kappa shape index (κ2) is 12.1. The van der Waals surface area contributed by atoms with E-state index >= 15 is 0 Å². The van der Waals surface area contributed by atoms with Crippen LogP contribution >= 0.6 is 11.3 Å². The standard InChI is InChI=1S/C45H29N3S/c46-44(32-23-21-30(22-24-32)29-11-2-1-3-12-29)48-45(39-19-10-18-38-37-17-8-9-20-42(37)49-43(38)39)47-28-41-35-16-7-5-14-33(35)27-40-34-15-6-4-13-31(34)25-26-36(40)41/h1-28,46H. The first-order chi connectivity index (χ1) is 24.2. The molecule has 0 unspecified atom stereocenters. The van der Waals surface area contributed by atoms with Crippen molar-refractivity contribution in [2.45, 2.75) is 0 Å². The van der Waals surface area contributed by atoms with Crippen LogP contribution in [-0.4, -0.2) is 17.9 Å². The molecule has 0 spiro atoms. The Hall–Kier alpha value is -6.23. The highest BCUT2D eigenvalue weighted by molar-refractivity contribution is 7.26. The van der Waals surface area contributed by atoms with Gasteiger partial charge in [-0.3, -0.25) is 5.41 Å². The molecule has 4 heteroatoms. The SMILES string of the molecule is N=C(N=C(N=Cc1c2ccccc2cc2c1ccc1ccccc12)c1cccc2c1sc1ccccc12)c1ccc(-c2ccccc2)cc1. The van der Waals surface area contributed by atoms with Crippen LogP contribution in [0.15, 0.2) is 174 Å². The molecule has 0 radical (unpaired) electrons. The fourth-order valence-corrected chi connectivity index (χ4v) is 8.03. The minimum Gasteiger partial charge on any atom is -0.282 e. The molecule has 3 nitrogen and oxygen atoms in total. The van der Waals surface area contributed by atoms with Gasteiger partial charge in [0.15, 0.2) is 11.7 Å². The molecular formula is C45H29N3S. The maximum atomic E-state index is 9.18. The van der Waals surface area contributed by atoms with Crippen molar-refractivity contribution in [2.24, 2.45) is 9.98 Å². The smallest absolute Gasteiger partial charge is 0.163 e. The second-order valence-corrected chi connectivity index (χ2v) is 13.2. The van der Waals surface area contributed by atoms with Gasteiger partial charge < -0.3 is 0 Å². The first-order valence-electron chi connectivity index (χ1n) is 16.3. The van der Waals surface area contributed by atoms with Crippen LogP contribution in [0.2, 0.25) is 0 Å². The Labute approximate surface area is 287 Å². The van der Waals surface area contributed by atoms with Crippen LogP contribution in [0.1, 0.15) is 16.7 Å². The van der Waals surface area contributed by atoms with Crippen LogP contribution in [0.25, 0.3) is 63.6 Å². The molecule has 0 amide bonds. The van der Waals surface area contributed by atoms with Crippen molar-refractivity contribution in [3.8, 4) is 11.1 Å². The Balaban J connectivity index is 1.23. The summed E-state index contributed by atoms with van der Waals surface area (Å²) < 4.78 is 2.33. The van der Waals surface area contributed by atoms with Crippen LogP contribution in [0, 0.1) is 5.41 Å². The molecule has 0 aliphatic heterocycles. The van der Waals surface area contributed by atoms with E-state index in [1.54, 1.807) is 11.3 Å². The van der Waals surface area contributed by atoms with Crippen molar-refractivity contribution in [2.75, 3.05) is 0 Å². The van der Waals surface area contributed by atoms with Crippen molar-refractivity contribution in [1.29, 1.82) is 5.41 Å². The Morgan fingerprint density at radius 3 is 2.02 bits per heavy atom. The van der Waals surface area contributed by atoms with Crippen LogP contribution in [0.5, 0.6) is 0 Å². The summed E-state index contributed by atoms with van der Waals surface area (Å²) in [5.74, 6) is 0.676. The first-order valence-corrected chi connectivity index (χ1v) is 17.1. The lowest BCUT2D eigenvalue weighted by Crippen LogP contribution is -2.05. The Kier molecular flexibility index (Phi) is 7.15. The lowest BCUT2D eigenvalue weighted by molar-refractivity contribution is 1.40. The predicted octanol–water partition coefficient (Wildman–Crippen LogP) is 12.1. The van der Waals surface area contributed by atoms with Crippen LogP contribution in [-0.2, 0) is 0 Å². The number of aliphatic imine (C=N–C) groups is 2. The monoisotopic (exact) mass is 643 g/mol. The third-order valence-electron chi connectivity index (χ3n) is 9.26. The Bertz CT molecular complexity index is 2770. The third kappa shape index (κ3) is 5.20. The van der Waals surface area contributed by atoms with Gasteiger partial charge in [0.1, 0.15) is 0 Å². The van der Waals surface area contributed by atoms with E-state index < -0.39 is 0 Å². The minimum atomic E-state index is 0.165. The average Bonchev–Trinajstić information content (AvgIpc) is 3.55. The maximum absolute atomic E-state index is 9.18. The van der Waals surface area contributed by atoms with Gasteiger partial charge in [0.05, 0.1) is 0 Å². The molecule has 0 aliphatic carbocycles. The molecule has 1 N–H and O–H groups in total. The quantitative estimate of drug-likeness (QED) is 0.0859. The predicted molar refractivity (Wildman–Crippen MR) is 211 cm³/mol. The summed E-state index contributed by atoms with van der Waals surface area (Å²) in [6.07, 6.45) is 1.95. The average molecular weight is 644 g/mol. The van der Waals surface area contributed by atoms with Crippen LogP contribution < -0.4 is 0 Å². The van der Waals surface area contributed by atoms with Gasteiger partial charge in [-0.2, -0.15) is 0 Å². The van der Waals surface area contributed by atoms with Crippen molar-refractivity contribution >= 4 is 81.7 Å². The molecule has 0 aliphatic rings. The minimum absolute atomic E-state index is 0.165. The number of nitrogens with one attached hydrogen (secondary N) is 1. The van der Waals surface area contributed by atoms with E-state index in [1.165, 1.54) is 31.6 Å². The summed E-state index contributed by atoms with van der Waals surface area (Å²) in [5.41, 5.74) is 4.92.